The van der Waals surface area contributed by atoms with Crippen molar-refractivity contribution in [2.45, 2.75) is 12.6 Å². The Labute approximate surface area is 190 Å². The molecular formula is C20H24F3IN4O2. The van der Waals surface area contributed by atoms with Crippen molar-refractivity contribution in [3.63, 3.8) is 0 Å². The van der Waals surface area contributed by atoms with E-state index in [4.69, 9.17) is 4.42 Å². The second-order valence-corrected chi connectivity index (χ2v) is 6.68. The number of alkyl halides is 3. The van der Waals surface area contributed by atoms with Crippen LogP contribution in [-0.2, 0) is 12.6 Å². The van der Waals surface area contributed by atoms with E-state index in [0.29, 0.717) is 50.9 Å². The minimum Gasteiger partial charge on any atom is -0.459 e. The molecule has 0 saturated carbocycles. The Balaban J connectivity index is 0.00000320. The third-order valence-corrected chi connectivity index (χ3v) is 4.79. The van der Waals surface area contributed by atoms with Crippen molar-refractivity contribution < 1.29 is 22.4 Å². The van der Waals surface area contributed by atoms with E-state index in [2.05, 4.69) is 15.2 Å². The monoisotopic (exact) mass is 536 g/mol. The van der Waals surface area contributed by atoms with Gasteiger partial charge < -0.3 is 19.5 Å². The lowest BCUT2D eigenvalue weighted by atomic mass is 10.1. The fraction of sp³-hybridized carbons (Fsp3) is 0.400. The van der Waals surface area contributed by atoms with E-state index in [1.54, 1.807) is 24.1 Å². The number of amides is 1. The summed E-state index contributed by atoms with van der Waals surface area (Å²) in [5.41, 5.74) is 0.168. The van der Waals surface area contributed by atoms with Crippen molar-refractivity contribution in [2.75, 3.05) is 39.8 Å². The molecule has 30 heavy (non-hydrogen) atoms. The van der Waals surface area contributed by atoms with Gasteiger partial charge in [0.05, 0.1) is 11.8 Å². The van der Waals surface area contributed by atoms with Crippen molar-refractivity contribution in [2.24, 2.45) is 4.99 Å². The number of carbonyl (C=O) groups excluding carboxylic acids is 1. The number of furan rings is 1. The summed E-state index contributed by atoms with van der Waals surface area (Å²) in [7, 11) is 1.68. The molecule has 1 amide bonds. The minimum atomic E-state index is -4.32. The Morgan fingerprint density at radius 1 is 1.10 bits per heavy atom. The lowest BCUT2D eigenvalue weighted by Gasteiger charge is -2.36. The molecule has 0 spiro atoms. The molecule has 0 aliphatic carbocycles. The minimum absolute atomic E-state index is 0. The van der Waals surface area contributed by atoms with Gasteiger partial charge in [-0.15, -0.1) is 24.0 Å². The first-order chi connectivity index (χ1) is 13.9. The molecule has 1 fully saturated rings. The number of aliphatic imine (C=N–C) groups is 1. The standard InChI is InChI=1S/C20H23F3N4O2.HI/c1-24-19(25-9-8-15-4-6-16(7-5-15)20(21,22)23)27-12-10-26(11-13-27)18(28)17-3-2-14-29-17;/h2-7,14H,8-13H2,1H3,(H,24,25);1H. The summed E-state index contributed by atoms with van der Waals surface area (Å²) in [4.78, 5) is 20.4. The van der Waals surface area contributed by atoms with Crippen molar-refractivity contribution in [1.29, 1.82) is 0 Å². The Kier molecular flexibility index (Phi) is 8.56. The zero-order chi connectivity index (χ0) is 20.9. The predicted octanol–water partition coefficient (Wildman–Crippen LogP) is 3.49. The van der Waals surface area contributed by atoms with E-state index in [1.165, 1.54) is 18.4 Å². The molecule has 1 aliphatic heterocycles. The quantitative estimate of drug-likeness (QED) is 0.370. The number of benzene rings is 1. The van der Waals surface area contributed by atoms with E-state index in [-0.39, 0.29) is 29.9 Å². The van der Waals surface area contributed by atoms with Gasteiger partial charge in [-0.2, -0.15) is 13.2 Å². The van der Waals surface area contributed by atoms with Crippen LogP contribution < -0.4 is 5.32 Å². The van der Waals surface area contributed by atoms with Crippen molar-refractivity contribution in [3.8, 4) is 0 Å². The number of piperazine rings is 1. The molecule has 0 bridgehead atoms. The normalized spacial score (nSPS) is 15.0. The second kappa shape index (κ2) is 10.7. The molecule has 6 nitrogen and oxygen atoms in total. The molecule has 1 aromatic carbocycles. The molecule has 1 aromatic heterocycles. The summed E-state index contributed by atoms with van der Waals surface area (Å²) >= 11 is 0. The fourth-order valence-electron chi connectivity index (χ4n) is 3.19. The Hall–Kier alpha value is -2.24. The van der Waals surface area contributed by atoms with Crippen molar-refractivity contribution >= 4 is 35.8 Å². The lowest BCUT2D eigenvalue weighted by Crippen LogP contribution is -2.54. The van der Waals surface area contributed by atoms with Crippen molar-refractivity contribution in [3.05, 3.63) is 59.5 Å². The summed E-state index contributed by atoms with van der Waals surface area (Å²) in [6.45, 7) is 2.92. The smallest absolute Gasteiger partial charge is 0.416 e. The summed E-state index contributed by atoms with van der Waals surface area (Å²) in [6, 6.07) is 8.51. The SMILES string of the molecule is CN=C(NCCc1ccc(C(F)(F)F)cc1)N1CCN(C(=O)c2ccco2)CC1.I. The average molecular weight is 536 g/mol. The van der Waals surface area contributed by atoms with Crippen LogP contribution >= 0.6 is 24.0 Å². The Bertz CT molecular complexity index is 831. The van der Waals surface area contributed by atoms with Gasteiger partial charge in [0.1, 0.15) is 0 Å². The number of rotatable bonds is 4. The van der Waals surface area contributed by atoms with Crippen LogP contribution in [0.2, 0.25) is 0 Å². The van der Waals surface area contributed by atoms with Crippen LogP contribution in [0.1, 0.15) is 21.7 Å². The highest BCUT2D eigenvalue weighted by atomic mass is 127. The zero-order valence-electron chi connectivity index (χ0n) is 16.5. The molecule has 2 aromatic rings. The number of halogens is 4. The van der Waals surface area contributed by atoms with Gasteiger partial charge in [0.15, 0.2) is 11.7 Å². The van der Waals surface area contributed by atoms with Gasteiger partial charge in [-0.1, -0.05) is 12.1 Å². The van der Waals surface area contributed by atoms with Crippen LogP contribution in [-0.4, -0.2) is 61.4 Å². The molecule has 2 heterocycles. The molecule has 1 N–H and O–H groups in total. The maximum absolute atomic E-state index is 12.6. The predicted molar refractivity (Wildman–Crippen MR) is 118 cm³/mol. The van der Waals surface area contributed by atoms with Crippen molar-refractivity contribution in [1.82, 2.24) is 15.1 Å². The molecular weight excluding hydrogens is 512 g/mol. The van der Waals surface area contributed by atoms with Crippen LogP contribution in [0.4, 0.5) is 13.2 Å². The van der Waals surface area contributed by atoms with E-state index >= 15 is 0 Å². The van der Waals surface area contributed by atoms with Gasteiger partial charge in [0.25, 0.3) is 5.91 Å². The fourth-order valence-corrected chi connectivity index (χ4v) is 3.19. The first-order valence-electron chi connectivity index (χ1n) is 9.33. The summed E-state index contributed by atoms with van der Waals surface area (Å²) in [5, 5.41) is 3.24. The van der Waals surface area contributed by atoms with E-state index < -0.39 is 11.7 Å². The third-order valence-electron chi connectivity index (χ3n) is 4.79. The van der Waals surface area contributed by atoms with Crippen LogP contribution in [0.15, 0.2) is 52.1 Å². The van der Waals surface area contributed by atoms with Crippen LogP contribution in [0.3, 0.4) is 0 Å². The highest BCUT2D eigenvalue weighted by Crippen LogP contribution is 2.29. The topological polar surface area (TPSA) is 61.1 Å². The van der Waals surface area contributed by atoms with E-state index in [0.717, 1.165) is 17.7 Å². The Morgan fingerprint density at radius 2 is 1.73 bits per heavy atom. The van der Waals surface area contributed by atoms with Gasteiger partial charge in [-0.05, 0) is 36.2 Å². The van der Waals surface area contributed by atoms with Crippen LogP contribution in [0.25, 0.3) is 0 Å². The highest BCUT2D eigenvalue weighted by molar-refractivity contribution is 14.0. The van der Waals surface area contributed by atoms with Crippen LogP contribution in [0.5, 0.6) is 0 Å². The van der Waals surface area contributed by atoms with Gasteiger partial charge in [-0.25, -0.2) is 0 Å². The number of nitrogens with zero attached hydrogens (tertiary/aromatic N) is 3. The summed E-state index contributed by atoms with van der Waals surface area (Å²) in [6.07, 6.45) is -2.26. The number of nitrogens with one attached hydrogen (secondary N) is 1. The van der Waals surface area contributed by atoms with E-state index in [9.17, 15) is 18.0 Å². The van der Waals surface area contributed by atoms with Gasteiger partial charge in [-0.3, -0.25) is 9.79 Å². The molecule has 0 atom stereocenters. The average Bonchev–Trinajstić information content (AvgIpc) is 3.25. The first kappa shape index (κ1) is 24.0. The summed E-state index contributed by atoms with van der Waals surface area (Å²) in [5.74, 6) is 0.916. The molecule has 1 aliphatic rings. The molecule has 10 heteroatoms. The van der Waals surface area contributed by atoms with Gasteiger partial charge in [0, 0.05) is 39.8 Å². The second-order valence-electron chi connectivity index (χ2n) is 6.68. The first-order valence-corrected chi connectivity index (χ1v) is 9.33. The number of carbonyl (C=O) groups is 1. The molecule has 0 radical (unpaired) electrons. The molecule has 0 unspecified atom stereocenters. The molecule has 3 rings (SSSR count). The number of hydrogen-bond acceptors (Lipinski definition) is 3. The van der Waals surface area contributed by atoms with Crippen LogP contribution in [0, 0.1) is 0 Å². The van der Waals surface area contributed by atoms with Gasteiger partial charge >= 0.3 is 6.18 Å². The lowest BCUT2D eigenvalue weighted by molar-refractivity contribution is -0.137. The maximum atomic E-state index is 12.6. The molecule has 1 saturated heterocycles. The Morgan fingerprint density at radius 3 is 2.27 bits per heavy atom. The zero-order valence-corrected chi connectivity index (χ0v) is 18.8. The molecule has 164 valence electrons. The third kappa shape index (κ3) is 6.13. The summed E-state index contributed by atoms with van der Waals surface area (Å²) < 4.78 is 43.0. The van der Waals surface area contributed by atoms with Gasteiger partial charge in [0.2, 0.25) is 0 Å². The van der Waals surface area contributed by atoms with E-state index in [1.807, 2.05) is 0 Å². The number of guanidine groups is 1. The maximum Gasteiger partial charge on any atom is 0.416 e. The highest BCUT2D eigenvalue weighted by Gasteiger charge is 2.30. The number of hydrogen-bond donors (Lipinski definition) is 1. The largest absolute Gasteiger partial charge is 0.459 e.